The predicted octanol–water partition coefficient (Wildman–Crippen LogP) is 4.30. The summed E-state index contributed by atoms with van der Waals surface area (Å²) in [6.45, 7) is 6.16. The van der Waals surface area contributed by atoms with Crippen LogP contribution < -0.4 is 5.32 Å². The molecule has 4 rings (SSSR count). The Labute approximate surface area is 220 Å². The molecule has 1 saturated heterocycles. The summed E-state index contributed by atoms with van der Waals surface area (Å²) in [6.07, 6.45) is 1.84. The van der Waals surface area contributed by atoms with Gasteiger partial charge in [0.25, 0.3) is 0 Å². The summed E-state index contributed by atoms with van der Waals surface area (Å²) in [5.74, 6) is 0.759. The monoisotopic (exact) mass is 524 g/mol. The van der Waals surface area contributed by atoms with Gasteiger partial charge in [-0.05, 0) is 16.7 Å². The number of aliphatic hydroxyl groups is 1. The van der Waals surface area contributed by atoms with E-state index in [1.54, 1.807) is 18.1 Å². The average molecular weight is 525 g/mol. The summed E-state index contributed by atoms with van der Waals surface area (Å²) in [6, 6.07) is 15.6. The van der Waals surface area contributed by atoms with Crippen LogP contribution in [0.5, 0.6) is 0 Å². The number of alkyl carbamates (subject to hydrolysis) is 1. The van der Waals surface area contributed by atoms with Gasteiger partial charge in [-0.1, -0.05) is 79.9 Å². The van der Waals surface area contributed by atoms with Gasteiger partial charge in [0.2, 0.25) is 0 Å². The van der Waals surface area contributed by atoms with Crippen molar-refractivity contribution in [3.05, 3.63) is 89.8 Å². The number of amides is 1. The molecule has 1 aliphatic rings. The summed E-state index contributed by atoms with van der Waals surface area (Å²) in [4.78, 5) is 11.7. The van der Waals surface area contributed by atoms with E-state index in [1.165, 1.54) is 6.08 Å². The lowest BCUT2D eigenvalue weighted by Gasteiger charge is -2.41. The Balaban J connectivity index is 1.49. The van der Waals surface area contributed by atoms with Crippen molar-refractivity contribution in [3.8, 4) is 0 Å². The molecule has 0 unspecified atom stereocenters. The first kappa shape index (κ1) is 26.9. The third-order valence-electron chi connectivity index (χ3n) is 6.19. The number of aliphatic hydroxyl groups excluding tert-OH is 1. The van der Waals surface area contributed by atoms with Crippen LogP contribution in [0, 0.1) is 5.92 Å². The Morgan fingerprint density at radius 3 is 2.51 bits per heavy atom. The summed E-state index contributed by atoms with van der Waals surface area (Å²) in [5, 5.41) is 21.1. The molecular weight excluding hydrogens is 492 g/mol. The predicted molar refractivity (Wildman–Crippen MR) is 140 cm³/mol. The second-order valence-corrected chi connectivity index (χ2v) is 9.83. The third kappa shape index (κ3) is 6.98. The minimum atomic E-state index is -0.566. The molecule has 1 aromatic heterocycles. The first-order valence-electron chi connectivity index (χ1n) is 12.1. The Kier molecular flexibility index (Phi) is 9.34. The van der Waals surface area contributed by atoms with Gasteiger partial charge in [-0.25, -0.2) is 4.79 Å². The van der Waals surface area contributed by atoms with Crippen LogP contribution in [-0.2, 0) is 34.4 Å². The van der Waals surface area contributed by atoms with Gasteiger partial charge in [0.15, 0.2) is 11.4 Å². The second kappa shape index (κ2) is 12.9. The van der Waals surface area contributed by atoms with Gasteiger partial charge in [0.05, 0.1) is 18.8 Å². The summed E-state index contributed by atoms with van der Waals surface area (Å²) in [5.41, 5.74) is 3.70. The zero-order valence-corrected chi connectivity index (χ0v) is 21.8. The molecule has 2 heterocycles. The number of benzene rings is 2. The summed E-state index contributed by atoms with van der Waals surface area (Å²) < 4.78 is 19.8. The van der Waals surface area contributed by atoms with Crippen molar-refractivity contribution in [1.82, 2.24) is 20.1 Å². The van der Waals surface area contributed by atoms with E-state index < -0.39 is 12.4 Å². The Morgan fingerprint density at radius 2 is 1.86 bits per heavy atom. The molecule has 10 heteroatoms. The quantitative estimate of drug-likeness (QED) is 0.299. The SMILES string of the molecule is C=CCOC(=O)NCc1ccc([C@@H]2O[C@H](CSc3nncn3C)[C@H](C)[C@H](c3ccc(CO)cc3)O2)cc1. The van der Waals surface area contributed by atoms with E-state index in [9.17, 15) is 9.90 Å². The molecule has 1 fully saturated rings. The molecule has 3 aromatic rings. The minimum absolute atomic E-state index is 0.00274. The third-order valence-corrected chi connectivity index (χ3v) is 7.31. The minimum Gasteiger partial charge on any atom is -0.445 e. The number of nitrogens with one attached hydrogen (secondary N) is 1. The highest BCUT2D eigenvalue weighted by Crippen LogP contribution is 2.42. The Morgan fingerprint density at radius 1 is 1.16 bits per heavy atom. The zero-order valence-electron chi connectivity index (χ0n) is 20.9. The number of carbonyl (C=O) groups excluding carboxylic acids is 1. The van der Waals surface area contributed by atoms with Crippen molar-refractivity contribution in [2.45, 2.75) is 43.7 Å². The number of rotatable bonds is 10. The highest BCUT2D eigenvalue weighted by atomic mass is 32.2. The van der Waals surface area contributed by atoms with E-state index in [4.69, 9.17) is 14.2 Å². The number of nitrogens with zero attached hydrogens (tertiary/aromatic N) is 3. The highest BCUT2D eigenvalue weighted by Gasteiger charge is 2.38. The van der Waals surface area contributed by atoms with E-state index in [-0.39, 0.29) is 31.3 Å². The lowest BCUT2D eigenvalue weighted by Crippen LogP contribution is -2.38. The molecule has 0 saturated carbocycles. The van der Waals surface area contributed by atoms with Crippen molar-refractivity contribution in [2.75, 3.05) is 12.4 Å². The maximum Gasteiger partial charge on any atom is 0.407 e. The van der Waals surface area contributed by atoms with Crippen LogP contribution in [0.15, 0.2) is 72.7 Å². The lowest BCUT2D eigenvalue weighted by molar-refractivity contribution is -0.268. The van der Waals surface area contributed by atoms with E-state index in [1.807, 2.05) is 60.1 Å². The van der Waals surface area contributed by atoms with Gasteiger partial charge < -0.3 is 29.2 Å². The fraction of sp³-hybridized carbons (Fsp3) is 0.370. The van der Waals surface area contributed by atoms with Crippen LogP contribution in [0.3, 0.4) is 0 Å². The molecule has 0 radical (unpaired) electrons. The first-order valence-corrected chi connectivity index (χ1v) is 13.0. The van der Waals surface area contributed by atoms with Crippen LogP contribution in [0.25, 0.3) is 0 Å². The van der Waals surface area contributed by atoms with Crippen LogP contribution in [0.1, 0.15) is 41.6 Å². The number of thioether (sulfide) groups is 1. The molecule has 2 aromatic carbocycles. The molecule has 2 N–H and O–H groups in total. The lowest BCUT2D eigenvalue weighted by atomic mass is 9.91. The maximum atomic E-state index is 11.7. The van der Waals surface area contributed by atoms with Crippen molar-refractivity contribution in [3.63, 3.8) is 0 Å². The molecule has 196 valence electrons. The largest absolute Gasteiger partial charge is 0.445 e. The molecule has 37 heavy (non-hydrogen) atoms. The van der Waals surface area contributed by atoms with Crippen LogP contribution in [0.2, 0.25) is 0 Å². The molecule has 1 aliphatic heterocycles. The van der Waals surface area contributed by atoms with Crippen molar-refractivity contribution in [2.24, 2.45) is 13.0 Å². The maximum absolute atomic E-state index is 11.7. The Bertz CT molecular complexity index is 1170. The molecule has 1 amide bonds. The van der Waals surface area contributed by atoms with Gasteiger partial charge in [-0.15, -0.1) is 10.2 Å². The molecule has 0 aliphatic carbocycles. The van der Waals surface area contributed by atoms with Crippen LogP contribution >= 0.6 is 11.8 Å². The van der Waals surface area contributed by atoms with Crippen molar-refractivity contribution < 1.29 is 24.1 Å². The van der Waals surface area contributed by atoms with Gasteiger partial charge in [0.1, 0.15) is 12.9 Å². The number of hydrogen-bond acceptors (Lipinski definition) is 8. The fourth-order valence-electron chi connectivity index (χ4n) is 4.02. The number of hydrogen-bond donors (Lipinski definition) is 2. The normalized spacial score (nSPS) is 21.4. The van der Waals surface area contributed by atoms with Gasteiger partial charge in [0, 0.05) is 30.8 Å². The van der Waals surface area contributed by atoms with Crippen LogP contribution in [-0.4, -0.2) is 44.4 Å². The Hall–Kier alpha value is -3.18. The van der Waals surface area contributed by atoms with E-state index in [2.05, 4.69) is 29.0 Å². The molecule has 9 nitrogen and oxygen atoms in total. The van der Waals surface area contributed by atoms with Crippen molar-refractivity contribution >= 4 is 17.9 Å². The number of aryl methyl sites for hydroxylation is 1. The standard InChI is InChI=1S/C27H32N4O5S/c1-4-13-34-27(33)28-14-19-5-11-22(12-6-19)25-35-23(16-37-26-30-29-17-31(26)3)18(2)24(36-25)21-9-7-20(15-32)8-10-21/h4-12,17-18,23-25,32H,1,13-16H2,2-3H3,(H,28,33)/t18-,23+,24+,25+/m0/s1. The molecular formula is C27H32N4O5S. The smallest absolute Gasteiger partial charge is 0.407 e. The number of ether oxygens (including phenoxy) is 3. The van der Waals surface area contributed by atoms with Gasteiger partial charge >= 0.3 is 6.09 Å². The highest BCUT2D eigenvalue weighted by molar-refractivity contribution is 7.99. The van der Waals surface area contributed by atoms with E-state index in [0.29, 0.717) is 12.3 Å². The van der Waals surface area contributed by atoms with Crippen molar-refractivity contribution in [1.29, 1.82) is 0 Å². The zero-order chi connectivity index (χ0) is 26.2. The van der Waals surface area contributed by atoms with Gasteiger partial charge in [-0.2, -0.15) is 0 Å². The summed E-state index contributed by atoms with van der Waals surface area (Å²) in [7, 11) is 1.92. The number of aromatic nitrogens is 3. The summed E-state index contributed by atoms with van der Waals surface area (Å²) >= 11 is 1.60. The van der Waals surface area contributed by atoms with E-state index >= 15 is 0 Å². The van der Waals surface area contributed by atoms with Crippen LogP contribution in [0.4, 0.5) is 4.79 Å². The topological polar surface area (TPSA) is 108 Å². The van der Waals surface area contributed by atoms with Gasteiger partial charge in [-0.3, -0.25) is 0 Å². The van der Waals surface area contributed by atoms with E-state index in [0.717, 1.165) is 27.4 Å². The molecule has 0 spiro atoms. The average Bonchev–Trinajstić information content (AvgIpc) is 3.35. The second-order valence-electron chi connectivity index (χ2n) is 8.84. The fourth-order valence-corrected chi connectivity index (χ4v) is 5.07. The molecule has 0 bridgehead atoms. The number of carbonyl (C=O) groups is 1. The molecule has 4 atom stereocenters. The first-order chi connectivity index (χ1) is 18.0.